The molecule has 0 aliphatic carbocycles. The van der Waals surface area contributed by atoms with Gasteiger partial charge < -0.3 is 16.0 Å². The van der Waals surface area contributed by atoms with Crippen molar-refractivity contribution in [3.8, 4) is 0 Å². The van der Waals surface area contributed by atoms with Gasteiger partial charge in [0.25, 0.3) is 5.91 Å². The number of benzene rings is 1. The van der Waals surface area contributed by atoms with Crippen molar-refractivity contribution >= 4 is 27.6 Å². The van der Waals surface area contributed by atoms with Crippen molar-refractivity contribution < 1.29 is 22.8 Å². The van der Waals surface area contributed by atoms with E-state index in [0.717, 1.165) is 11.1 Å². The molecule has 1 unspecified atom stereocenters. The number of nitrogens with two attached hydrogens (primary N) is 1. The Morgan fingerprint density at radius 2 is 2.00 bits per heavy atom. The molecule has 2 fully saturated rings. The quantitative estimate of drug-likeness (QED) is 0.534. The maximum absolute atomic E-state index is 12.7. The minimum absolute atomic E-state index is 0.0287. The highest BCUT2D eigenvalue weighted by Crippen LogP contribution is 2.28. The maximum Gasteiger partial charge on any atom is 0.255 e. The molecule has 1 aromatic rings. The second kappa shape index (κ2) is 7.51. The normalized spacial score (nSPS) is 28.9. The Bertz CT molecular complexity index is 977. The fourth-order valence-corrected chi connectivity index (χ4v) is 5.90. The summed E-state index contributed by atoms with van der Waals surface area (Å²) in [7, 11) is -3.07. The average molecular weight is 420 g/mol. The summed E-state index contributed by atoms with van der Waals surface area (Å²) < 4.78 is 23.7. The van der Waals surface area contributed by atoms with Crippen LogP contribution in [0.4, 0.5) is 0 Å². The summed E-state index contributed by atoms with van der Waals surface area (Å²) in [5, 5.41) is 5.52. The van der Waals surface area contributed by atoms with Crippen molar-refractivity contribution in [3.63, 3.8) is 0 Å². The third-order valence-electron chi connectivity index (χ3n) is 5.87. The molecule has 1 aromatic carbocycles. The maximum atomic E-state index is 12.7. The van der Waals surface area contributed by atoms with E-state index < -0.39 is 21.8 Å². The molecule has 2 saturated heterocycles. The number of carbonyl (C=O) groups is 3. The van der Waals surface area contributed by atoms with Gasteiger partial charge in [-0.2, -0.15) is 0 Å². The van der Waals surface area contributed by atoms with Crippen molar-refractivity contribution in [1.82, 2.24) is 15.5 Å². The molecule has 29 heavy (non-hydrogen) atoms. The van der Waals surface area contributed by atoms with Gasteiger partial charge in [0, 0.05) is 37.2 Å². The van der Waals surface area contributed by atoms with Gasteiger partial charge in [0.2, 0.25) is 11.8 Å². The van der Waals surface area contributed by atoms with E-state index in [1.54, 1.807) is 6.07 Å². The molecule has 3 aliphatic heterocycles. The second-order valence-electron chi connectivity index (χ2n) is 7.95. The lowest BCUT2D eigenvalue weighted by atomic mass is 10.0. The van der Waals surface area contributed by atoms with Crippen molar-refractivity contribution in [3.05, 3.63) is 34.9 Å². The summed E-state index contributed by atoms with van der Waals surface area (Å²) in [5.74, 6) is -0.803. The first-order chi connectivity index (χ1) is 13.7. The molecule has 0 bridgehead atoms. The average Bonchev–Trinajstić information content (AvgIpc) is 2.98. The van der Waals surface area contributed by atoms with Crippen LogP contribution in [0.3, 0.4) is 0 Å². The van der Waals surface area contributed by atoms with Crippen LogP contribution in [-0.2, 0) is 32.5 Å². The Hall–Kier alpha value is -2.30. The molecule has 10 heteroatoms. The predicted octanol–water partition coefficient (Wildman–Crippen LogP) is -0.948. The standard InChI is InChI=1S/C19H24N4O5S/c20-14-5-6-29(27,28)10-15(14)21-8-11-1-2-13-12(7-11)9-23(19(13)26)16-3-4-17(24)22-18(16)25/h1-2,7,14-16,21H,3-6,8-10,20H2,(H,22,24,25)/t14-,15+,16?/m1/s1. The first kappa shape index (κ1) is 20.0. The number of hydrogen-bond donors (Lipinski definition) is 3. The molecular weight excluding hydrogens is 396 g/mol. The van der Waals surface area contributed by atoms with Crippen LogP contribution >= 0.6 is 0 Å². The minimum Gasteiger partial charge on any atom is -0.326 e. The Kier molecular flexibility index (Phi) is 5.18. The SMILES string of the molecule is N[C@@H]1CCS(=O)(=O)C[C@@H]1NCc1ccc2c(c1)CN(C1CCC(=O)NC1=O)C2=O. The molecule has 0 radical (unpaired) electrons. The lowest BCUT2D eigenvalue weighted by Crippen LogP contribution is -2.53. The molecule has 3 amide bonds. The monoisotopic (exact) mass is 420 g/mol. The zero-order valence-corrected chi connectivity index (χ0v) is 16.7. The smallest absolute Gasteiger partial charge is 0.255 e. The minimum atomic E-state index is -3.07. The van der Waals surface area contributed by atoms with Gasteiger partial charge in [0.05, 0.1) is 11.5 Å². The number of imide groups is 1. The molecule has 4 rings (SSSR count). The Morgan fingerprint density at radius 3 is 2.76 bits per heavy atom. The van der Waals surface area contributed by atoms with Gasteiger partial charge >= 0.3 is 0 Å². The molecule has 0 spiro atoms. The van der Waals surface area contributed by atoms with Gasteiger partial charge in [0.15, 0.2) is 9.84 Å². The van der Waals surface area contributed by atoms with Crippen LogP contribution in [-0.4, -0.2) is 60.7 Å². The Morgan fingerprint density at radius 1 is 1.21 bits per heavy atom. The van der Waals surface area contributed by atoms with Crippen molar-refractivity contribution in [2.24, 2.45) is 5.73 Å². The number of piperidine rings is 1. The van der Waals surface area contributed by atoms with E-state index in [2.05, 4.69) is 10.6 Å². The molecule has 0 saturated carbocycles. The summed E-state index contributed by atoms with van der Waals surface area (Å²) in [5.41, 5.74) is 8.34. The summed E-state index contributed by atoms with van der Waals surface area (Å²) in [6.07, 6.45) is 0.989. The highest BCUT2D eigenvalue weighted by molar-refractivity contribution is 7.91. The van der Waals surface area contributed by atoms with Crippen LogP contribution in [0, 0.1) is 0 Å². The molecule has 3 atom stereocenters. The molecule has 3 aliphatic rings. The van der Waals surface area contributed by atoms with E-state index >= 15 is 0 Å². The number of rotatable bonds is 4. The second-order valence-corrected chi connectivity index (χ2v) is 10.2. The van der Waals surface area contributed by atoms with Crippen LogP contribution in [0.15, 0.2) is 18.2 Å². The van der Waals surface area contributed by atoms with Crippen LogP contribution in [0.25, 0.3) is 0 Å². The van der Waals surface area contributed by atoms with Crippen molar-refractivity contribution in [1.29, 1.82) is 0 Å². The number of sulfone groups is 1. The summed E-state index contributed by atoms with van der Waals surface area (Å²) in [6, 6.07) is 4.30. The first-order valence-corrected chi connectivity index (χ1v) is 11.5. The van der Waals surface area contributed by atoms with Crippen molar-refractivity contribution in [2.45, 2.75) is 50.5 Å². The predicted molar refractivity (Wildman–Crippen MR) is 104 cm³/mol. The molecule has 9 nitrogen and oxygen atoms in total. The molecule has 4 N–H and O–H groups in total. The summed E-state index contributed by atoms with van der Waals surface area (Å²) in [4.78, 5) is 37.7. The highest BCUT2D eigenvalue weighted by atomic mass is 32.2. The van der Waals surface area contributed by atoms with E-state index in [1.165, 1.54) is 4.90 Å². The molecule has 156 valence electrons. The van der Waals surface area contributed by atoms with Gasteiger partial charge in [-0.15, -0.1) is 0 Å². The lowest BCUT2D eigenvalue weighted by molar-refractivity contribution is -0.136. The van der Waals surface area contributed by atoms with E-state index in [0.29, 0.717) is 31.5 Å². The largest absolute Gasteiger partial charge is 0.326 e. The number of fused-ring (bicyclic) bond motifs is 1. The topological polar surface area (TPSA) is 139 Å². The number of amides is 3. The van der Waals surface area contributed by atoms with Crippen LogP contribution in [0.2, 0.25) is 0 Å². The zero-order valence-electron chi connectivity index (χ0n) is 15.9. The number of nitrogens with zero attached hydrogens (tertiary/aromatic N) is 1. The fraction of sp³-hybridized carbons (Fsp3) is 0.526. The van der Waals surface area contributed by atoms with E-state index in [4.69, 9.17) is 5.73 Å². The molecule has 3 heterocycles. The first-order valence-electron chi connectivity index (χ1n) is 9.69. The third kappa shape index (κ3) is 4.05. The number of hydrogen-bond acceptors (Lipinski definition) is 7. The van der Waals surface area contributed by atoms with Crippen LogP contribution in [0.5, 0.6) is 0 Å². The van der Waals surface area contributed by atoms with Crippen LogP contribution in [0.1, 0.15) is 40.7 Å². The van der Waals surface area contributed by atoms with Gasteiger partial charge in [-0.05, 0) is 30.0 Å². The highest BCUT2D eigenvalue weighted by Gasteiger charge is 2.39. The van der Waals surface area contributed by atoms with Gasteiger partial charge in [-0.3, -0.25) is 19.7 Å². The zero-order chi connectivity index (χ0) is 20.8. The van der Waals surface area contributed by atoms with E-state index in [1.807, 2.05) is 12.1 Å². The Balaban J connectivity index is 1.43. The van der Waals surface area contributed by atoms with E-state index in [9.17, 15) is 22.8 Å². The molecular formula is C19H24N4O5S. The third-order valence-corrected chi connectivity index (χ3v) is 7.59. The van der Waals surface area contributed by atoms with Crippen molar-refractivity contribution in [2.75, 3.05) is 11.5 Å². The number of nitrogens with one attached hydrogen (secondary N) is 2. The molecule has 0 aromatic heterocycles. The summed E-state index contributed by atoms with van der Waals surface area (Å²) >= 11 is 0. The van der Waals surface area contributed by atoms with Gasteiger partial charge in [-0.25, -0.2) is 8.42 Å². The van der Waals surface area contributed by atoms with Gasteiger partial charge in [0.1, 0.15) is 6.04 Å². The van der Waals surface area contributed by atoms with Crippen LogP contribution < -0.4 is 16.4 Å². The fourth-order valence-electron chi connectivity index (χ4n) is 4.19. The Labute approximate surface area is 168 Å². The lowest BCUT2D eigenvalue weighted by Gasteiger charge is -2.29. The number of carbonyl (C=O) groups excluding carboxylic acids is 3. The van der Waals surface area contributed by atoms with Gasteiger partial charge in [-0.1, -0.05) is 12.1 Å². The summed E-state index contributed by atoms with van der Waals surface area (Å²) in [6.45, 7) is 0.749. The van der Waals surface area contributed by atoms with E-state index in [-0.39, 0.29) is 41.8 Å².